The summed E-state index contributed by atoms with van der Waals surface area (Å²) in [6.45, 7) is 9.75. The summed E-state index contributed by atoms with van der Waals surface area (Å²) in [6, 6.07) is 8.23. The number of anilines is 1. The molecule has 1 aliphatic heterocycles. The van der Waals surface area contributed by atoms with E-state index in [4.69, 9.17) is 0 Å². The third-order valence-corrected chi connectivity index (χ3v) is 3.13. The minimum atomic E-state index is 0.890. The molecule has 1 nitrogen and oxygen atoms in total. The average molecular weight is 250 g/mol. The molecule has 0 saturated carbocycles. The molecule has 0 aromatic heterocycles. The summed E-state index contributed by atoms with van der Waals surface area (Å²) >= 11 is 3.55. The Balaban J connectivity index is 2.30. The smallest absolute Gasteiger partial charge is 0.0516 e. The zero-order valence-electron chi connectivity index (χ0n) is 7.96. The van der Waals surface area contributed by atoms with Gasteiger partial charge in [0.05, 0.1) is 5.69 Å². The number of rotatable bonds is 1. The quantitative estimate of drug-likeness (QED) is 0.738. The highest BCUT2D eigenvalue weighted by molar-refractivity contribution is 9.10. The minimum absolute atomic E-state index is 0.890. The van der Waals surface area contributed by atoms with E-state index in [1.165, 1.54) is 5.69 Å². The van der Waals surface area contributed by atoms with Gasteiger partial charge in [0.15, 0.2) is 0 Å². The van der Waals surface area contributed by atoms with Gasteiger partial charge >= 0.3 is 0 Å². The van der Waals surface area contributed by atoms with Crippen molar-refractivity contribution in [3.05, 3.63) is 53.0 Å². The van der Waals surface area contributed by atoms with Crippen molar-refractivity contribution in [2.75, 3.05) is 18.0 Å². The summed E-state index contributed by atoms with van der Waals surface area (Å²) in [7, 11) is 0. The van der Waals surface area contributed by atoms with Crippen molar-refractivity contribution in [1.29, 1.82) is 0 Å². The number of benzene rings is 1. The van der Waals surface area contributed by atoms with Crippen LogP contribution >= 0.6 is 15.9 Å². The maximum atomic E-state index is 3.98. The van der Waals surface area contributed by atoms with E-state index in [1.54, 1.807) is 0 Å². The predicted octanol–water partition coefficient (Wildman–Crippen LogP) is 3.38. The van der Waals surface area contributed by atoms with Gasteiger partial charge in [-0.2, -0.15) is 0 Å². The number of nitrogens with zero attached hydrogens (tertiary/aromatic N) is 1. The van der Waals surface area contributed by atoms with Crippen LogP contribution in [0.2, 0.25) is 0 Å². The first-order valence-corrected chi connectivity index (χ1v) is 5.33. The second-order valence-corrected chi connectivity index (χ2v) is 4.37. The molecule has 0 N–H and O–H groups in total. The Labute approximate surface area is 92.9 Å². The van der Waals surface area contributed by atoms with Crippen molar-refractivity contribution in [2.24, 2.45) is 0 Å². The molecule has 72 valence electrons. The van der Waals surface area contributed by atoms with Gasteiger partial charge in [-0.25, -0.2) is 0 Å². The molecule has 1 aliphatic rings. The van der Waals surface area contributed by atoms with Crippen LogP contribution in [0.3, 0.4) is 0 Å². The molecule has 0 atom stereocenters. The zero-order chi connectivity index (χ0) is 10.1. The largest absolute Gasteiger partial charge is 0.362 e. The molecule has 0 unspecified atom stereocenters. The van der Waals surface area contributed by atoms with Gasteiger partial charge in [-0.15, -0.1) is 0 Å². The van der Waals surface area contributed by atoms with Gasteiger partial charge in [0.2, 0.25) is 0 Å². The molecule has 0 radical (unpaired) electrons. The third-order valence-electron chi connectivity index (χ3n) is 2.46. The van der Waals surface area contributed by atoms with E-state index in [2.05, 4.69) is 46.1 Å². The Hall–Kier alpha value is -1.02. The normalized spacial score (nSPS) is 16.5. The van der Waals surface area contributed by atoms with Crippen LogP contribution in [0.15, 0.2) is 53.0 Å². The lowest BCUT2D eigenvalue weighted by Crippen LogP contribution is -2.18. The van der Waals surface area contributed by atoms with E-state index in [0.717, 1.165) is 28.7 Å². The Morgan fingerprint density at radius 1 is 1.07 bits per heavy atom. The molecular weight excluding hydrogens is 238 g/mol. The molecule has 2 heteroatoms. The summed E-state index contributed by atoms with van der Waals surface area (Å²) < 4.78 is 1.13. The topological polar surface area (TPSA) is 3.24 Å². The van der Waals surface area contributed by atoms with Crippen molar-refractivity contribution < 1.29 is 0 Å². The molecule has 0 bridgehead atoms. The molecule has 0 spiro atoms. The van der Waals surface area contributed by atoms with Gasteiger partial charge in [-0.1, -0.05) is 25.3 Å². The summed E-state index contributed by atoms with van der Waals surface area (Å²) in [6.07, 6.45) is 0. The van der Waals surface area contributed by atoms with Crippen molar-refractivity contribution in [3.63, 3.8) is 0 Å². The second kappa shape index (κ2) is 3.62. The van der Waals surface area contributed by atoms with Gasteiger partial charge in [-0.05, 0) is 39.2 Å². The summed E-state index contributed by atoms with van der Waals surface area (Å²) in [5.41, 5.74) is 3.49. The van der Waals surface area contributed by atoms with E-state index in [0.29, 0.717) is 0 Å². The summed E-state index contributed by atoms with van der Waals surface area (Å²) in [4.78, 5) is 2.27. The van der Waals surface area contributed by atoms with E-state index in [1.807, 2.05) is 12.1 Å². The molecule has 2 rings (SSSR count). The fourth-order valence-electron chi connectivity index (χ4n) is 1.62. The van der Waals surface area contributed by atoms with Crippen LogP contribution in [0.1, 0.15) is 0 Å². The van der Waals surface area contributed by atoms with E-state index >= 15 is 0 Å². The van der Waals surface area contributed by atoms with Gasteiger partial charge in [0.25, 0.3) is 0 Å². The highest BCUT2D eigenvalue weighted by Gasteiger charge is 2.19. The third kappa shape index (κ3) is 1.62. The first kappa shape index (κ1) is 9.53. The number of hydrogen-bond donors (Lipinski definition) is 0. The highest BCUT2D eigenvalue weighted by Crippen LogP contribution is 2.30. The van der Waals surface area contributed by atoms with Gasteiger partial charge in [-0.3, -0.25) is 0 Å². The SMILES string of the molecule is C=C1CN(c2ccccc2Br)CC1=C. The highest BCUT2D eigenvalue weighted by atomic mass is 79.9. The molecule has 1 aromatic rings. The van der Waals surface area contributed by atoms with Crippen molar-refractivity contribution in [3.8, 4) is 0 Å². The van der Waals surface area contributed by atoms with Crippen LogP contribution in [0, 0.1) is 0 Å². The van der Waals surface area contributed by atoms with Gasteiger partial charge in [0, 0.05) is 17.6 Å². The standard InChI is InChI=1S/C12H12BrN/c1-9-7-14(8-10(9)2)12-6-4-3-5-11(12)13/h3-6H,1-2,7-8H2. The fraction of sp³-hybridized carbons (Fsp3) is 0.167. The van der Waals surface area contributed by atoms with E-state index < -0.39 is 0 Å². The van der Waals surface area contributed by atoms with Crippen LogP contribution in [0.25, 0.3) is 0 Å². The van der Waals surface area contributed by atoms with Crippen LogP contribution in [0.4, 0.5) is 5.69 Å². The van der Waals surface area contributed by atoms with E-state index in [-0.39, 0.29) is 0 Å². The maximum absolute atomic E-state index is 3.98. The number of para-hydroxylation sites is 1. The van der Waals surface area contributed by atoms with Crippen molar-refractivity contribution in [1.82, 2.24) is 0 Å². The van der Waals surface area contributed by atoms with Crippen LogP contribution in [-0.4, -0.2) is 13.1 Å². The first-order chi connectivity index (χ1) is 6.68. The summed E-state index contributed by atoms with van der Waals surface area (Å²) in [5, 5.41) is 0. The first-order valence-electron chi connectivity index (χ1n) is 4.54. The number of hydrogen-bond acceptors (Lipinski definition) is 1. The fourth-order valence-corrected chi connectivity index (χ4v) is 2.15. The lowest BCUT2D eigenvalue weighted by atomic mass is 10.2. The molecule has 1 fully saturated rings. The van der Waals surface area contributed by atoms with Crippen LogP contribution < -0.4 is 4.90 Å². The molecule has 1 saturated heterocycles. The zero-order valence-corrected chi connectivity index (χ0v) is 9.55. The van der Waals surface area contributed by atoms with Crippen molar-refractivity contribution >= 4 is 21.6 Å². The lowest BCUT2D eigenvalue weighted by molar-refractivity contribution is 1.01. The lowest BCUT2D eigenvalue weighted by Gasteiger charge is -2.18. The maximum Gasteiger partial charge on any atom is 0.0516 e. The van der Waals surface area contributed by atoms with E-state index in [9.17, 15) is 0 Å². The Morgan fingerprint density at radius 3 is 2.21 bits per heavy atom. The average Bonchev–Trinajstić information content (AvgIpc) is 2.48. The minimum Gasteiger partial charge on any atom is -0.362 e. The predicted molar refractivity (Wildman–Crippen MR) is 64.6 cm³/mol. The monoisotopic (exact) mass is 249 g/mol. The van der Waals surface area contributed by atoms with Crippen LogP contribution in [0.5, 0.6) is 0 Å². The molecule has 1 aromatic carbocycles. The Kier molecular flexibility index (Phi) is 2.46. The molecular formula is C12H12BrN. The Morgan fingerprint density at radius 2 is 1.64 bits per heavy atom. The van der Waals surface area contributed by atoms with Crippen LogP contribution in [-0.2, 0) is 0 Å². The molecule has 14 heavy (non-hydrogen) atoms. The molecule has 0 aliphatic carbocycles. The Bertz CT molecular complexity index is 379. The number of halogens is 1. The van der Waals surface area contributed by atoms with Gasteiger partial charge in [0.1, 0.15) is 0 Å². The molecule has 0 amide bonds. The molecule has 1 heterocycles. The summed E-state index contributed by atoms with van der Waals surface area (Å²) in [5.74, 6) is 0. The van der Waals surface area contributed by atoms with Crippen molar-refractivity contribution in [2.45, 2.75) is 0 Å². The van der Waals surface area contributed by atoms with Gasteiger partial charge < -0.3 is 4.90 Å². The second-order valence-electron chi connectivity index (χ2n) is 3.51.